The zero-order valence-electron chi connectivity index (χ0n) is 16.7. The summed E-state index contributed by atoms with van der Waals surface area (Å²) < 4.78 is 27.5. The second-order valence-corrected chi connectivity index (χ2v) is 10.7. The molecule has 0 saturated carbocycles. The number of aromatic nitrogens is 2. The van der Waals surface area contributed by atoms with Crippen molar-refractivity contribution in [2.75, 3.05) is 17.7 Å². The van der Waals surface area contributed by atoms with E-state index in [9.17, 15) is 18.0 Å². The number of anilines is 2. The fourth-order valence-corrected chi connectivity index (χ4v) is 5.94. The minimum Gasteiger partial charge on any atom is -0.388 e. The maximum Gasteiger partial charge on any atom is 0.333 e. The van der Waals surface area contributed by atoms with Crippen LogP contribution >= 0.6 is 23.4 Å². The molecule has 2 amide bonds. The van der Waals surface area contributed by atoms with Gasteiger partial charge in [0.2, 0.25) is 0 Å². The Hall–Kier alpha value is -3.02. The van der Waals surface area contributed by atoms with Crippen molar-refractivity contribution in [3.05, 3.63) is 69.5 Å². The van der Waals surface area contributed by atoms with Crippen molar-refractivity contribution in [1.82, 2.24) is 14.3 Å². The number of alkyl halides is 1. The van der Waals surface area contributed by atoms with Crippen molar-refractivity contribution in [2.24, 2.45) is 0 Å². The molecule has 0 spiro atoms. The molecule has 1 aromatic heterocycles. The molecule has 1 unspecified atom stereocenters. The molecule has 1 aliphatic rings. The lowest BCUT2D eigenvalue weighted by molar-refractivity contribution is 0.256. The van der Waals surface area contributed by atoms with E-state index in [1.165, 1.54) is 17.0 Å². The number of nitrogens with one attached hydrogen (secondary N) is 3. The molecule has 2 aromatic carbocycles. The molecule has 0 aliphatic carbocycles. The van der Waals surface area contributed by atoms with Crippen LogP contribution in [-0.2, 0) is 10.0 Å². The van der Waals surface area contributed by atoms with Gasteiger partial charge in [-0.3, -0.25) is 9.36 Å². The van der Waals surface area contributed by atoms with E-state index in [1.54, 1.807) is 49.5 Å². The van der Waals surface area contributed by atoms with Crippen molar-refractivity contribution in [1.29, 1.82) is 0 Å². The molecule has 1 atom stereocenters. The van der Waals surface area contributed by atoms with Crippen LogP contribution in [-0.4, -0.2) is 35.8 Å². The Morgan fingerprint density at radius 1 is 1.19 bits per heavy atom. The van der Waals surface area contributed by atoms with Crippen molar-refractivity contribution < 1.29 is 13.2 Å². The summed E-state index contributed by atoms with van der Waals surface area (Å²) in [6.07, 6.45) is 3.32. The first-order valence-corrected chi connectivity index (χ1v) is 12.2. The summed E-state index contributed by atoms with van der Waals surface area (Å²) >= 11 is 6.87. The van der Waals surface area contributed by atoms with E-state index in [0.717, 1.165) is 17.4 Å². The Kier molecular flexibility index (Phi) is 6.13. The topological polar surface area (TPSA) is 122 Å². The number of thioether (sulfide) groups is 1. The number of carbonyl (C=O) groups is 1. The van der Waals surface area contributed by atoms with E-state index in [0.29, 0.717) is 28.7 Å². The van der Waals surface area contributed by atoms with Crippen LogP contribution in [0.25, 0.3) is 16.6 Å². The number of hydrogen-bond donors (Lipinski definition) is 3. The summed E-state index contributed by atoms with van der Waals surface area (Å²) in [7, 11) is -2.19. The number of nitrogens with zero attached hydrogens (tertiary/aromatic N) is 2. The Morgan fingerprint density at radius 3 is 2.56 bits per heavy atom. The Bertz CT molecular complexity index is 1390. The van der Waals surface area contributed by atoms with Crippen LogP contribution in [0.1, 0.15) is 6.42 Å². The largest absolute Gasteiger partial charge is 0.388 e. The monoisotopic (exact) mass is 491 g/mol. The van der Waals surface area contributed by atoms with E-state index in [-0.39, 0.29) is 14.5 Å². The van der Waals surface area contributed by atoms with Crippen LogP contribution in [0.2, 0.25) is 0 Å². The van der Waals surface area contributed by atoms with Crippen LogP contribution in [0.4, 0.5) is 16.2 Å². The Balaban J connectivity index is 1.49. The van der Waals surface area contributed by atoms with Crippen molar-refractivity contribution in [3.63, 3.8) is 0 Å². The number of carbonyl (C=O) groups excluding carboxylic acids is 1. The maximum absolute atomic E-state index is 12.8. The van der Waals surface area contributed by atoms with Gasteiger partial charge in [0.15, 0.2) is 0 Å². The molecule has 3 aromatic rings. The maximum atomic E-state index is 12.8. The number of rotatable bonds is 5. The van der Waals surface area contributed by atoms with Gasteiger partial charge in [0, 0.05) is 18.4 Å². The number of sulfonamides is 1. The quantitative estimate of drug-likeness (QED) is 0.467. The number of fused-ring (bicyclic) bond motifs is 1. The normalized spacial score (nSPS) is 15.9. The zero-order valence-corrected chi connectivity index (χ0v) is 19.1. The lowest BCUT2D eigenvalue weighted by Crippen LogP contribution is -2.34. The van der Waals surface area contributed by atoms with Crippen LogP contribution in [0.15, 0.2) is 63.9 Å². The highest BCUT2D eigenvalue weighted by Crippen LogP contribution is 2.37. The van der Waals surface area contributed by atoms with Crippen molar-refractivity contribution >= 4 is 61.7 Å². The van der Waals surface area contributed by atoms with Crippen molar-refractivity contribution in [2.45, 2.75) is 11.1 Å². The molecule has 0 saturated heterocycles. The first-order valence-electron chi connectivity index (χ1n) is 9.41. The molecule has 0 fully saturated rings. The van der Waals surface area contributed by atoms with Gasteiger partial charge in [-0.25, -0.2) is 22.9 Å². The van der Waals surface area contributed by atoms with Crippen LogP contribution < -0.4 is 20.9 Å². The summed E-state index contributed by atoms with van der Waals surface area (Å²) in [5.74, 6) is 0. The molecule has 12 heteroatoms. The summed E-state index contributed by atoms with van der Waals surface area (Å²) in [4.78, 5) is 29.3. The second-order valence-electron chi connectivity index (χ2n) is 6.79. The third-order valence-electron chi connectivity index (χ3n) is 4.66. The lowest BCUT2D eigenvalue weighted by Gasteiger charge is -2.11. The van der Waals surface area contributed by atoms with E-state index in [1.807, 2.05) is 4.72 Å². The predicted molar refractivity (Wildman–Crippen MR) is 128 cm³/mol. The molecule has 1 aliphatic heterocycles. The number of benzene rings is 2. The van der Waals surface area contributed by atoms with Gasteiger partial charge in [0.05, 0.1) is 21.3 Å². The highest BCUT2D eigenvalue weighted by Gasteiger charge is 2.27. The Morgan fingerprint density at radius 2 is 1.91 bits per heavy atom. The molecule has 0 radical (unpaired) electrons. The van der Waals surface area contributed by atoms with E-state index < -0.39 is 16.1 Å². The molecule has 166 valence electrons. The molecule has 32 heavy (non-hydrogen) atoms. The van der Waals surface area contributed by atoms with Gasteiger partial charge in [0.1, 0.15) is 10.6 Å². The number of halogens is 1. The third kappa shape index (κ3) is 4.59. The average Bonchev–Trinajstić information content (AvgIpc) is 3.21. The van der Waals surface area contributed by atoms with Crippen LogP contribution in [0.3, 0.4) is 0 Å². The van der Waals surface area contributed by atoms with Gasteiger partial charge in [-0.15, -0.1) is 11.6 Å². The van der Waals surface area contributed by atoms with E-state index in [4.69, 9.17) is 11.6 Å². The lowest BCUT2D eigenvalue weighted by atomic mass is 10.2. The minimum absolute atomic E-state index is 0.0213. The van der Waals surface area contributed by atoms with E-state index in [2.05, 4.69) is 15.6 Å². The Labute approximate surface area is 192 Å². The van der Waals surface area contributed by atoms with Gasteiger partial charge in [-0.1, -0.05) is 17.8 Å². The molecule has 9 nitrogen and oxygen atoms in total. The molecule has 4 rings (SSSR count). The molecular formula is C20H18ClN5O4S2. The van der Waals surface area contributed by atoms with Crippen molar-refractivity contribution in [3.8, 4) is 5.69 Å². The fraction of sp³-hybridized carbons (Fsp3) is 0.150. The second kappa shape index (κ2) is 8.85. The average molecular weight is 492 g/mol. The van der Waals surface area contributed by atoms with E-state index >= 15 is 0 Å². The van der Waals surface area contributed by atoms with Gasteiger partial charge >= 0.3 is 6.03 Å². The summed E-state index contributed by atoms with van der Waals surface area (Å²) in [5.41, 5.74) is 2.09. The number of allylic oxidation sites excluding steroid dienone is 1. The first-order chi connectivity index (χ1) is 15.3. The smallest absolute Gasteiger partial charge is 0.333 e. The fourth-order valence-electron chi connectivity index (χ4n) is 3.08. The minimum atomic E-state index is -3.98. The molecule has 3 N–H and O–H groups in total. The number of urea groups is 1. The van der Waals surface area contributed by atoms with Gasteiger partial charge < -0.3 is 10.6 Å². The molecular weight excluding hydrogens is 474 g/mol. The van der Waals surface area contributed by atoms with Gasteiger partial charge in [-0.2, -0.15) is 0 Å². The van der Waals surface area contributed by atoms with Crippen LogP contribution in [0.5, 0.6) is 0 Å². The number of hydrogen-bond acceptors (Lipinski definition) is 7. The summed E-state index contributed by atoms with van der Waals surface area (Å²) in [6.45, 7) is 0. The highest BCUT2D eigenvalue weighted by atomic mass is 35.5. The zero-order chi connectivity index (χ0) is 22.9. The number of amides is 2. The SMILES string of the molecule is CNc1ccc2c(=O)n(-c3ccc(NC(=O)NS(=O)(=O)C4=CCC(Cl)S4)cc3)cnc2c1. The third-order valence-corrected chi connectivity index (χ3v) is 8.05. The van der Waals surface area contributed by atoms with Gasteiger partial charge in [-0.05, 0) is 48.9 Å². The first kappa shape index (κ1) is 22.2. The molecule has 2 heterocycles. The predicted octanol–water partition coefficient (Wildman–Crippen LogP) is 3.42. The summed E-state index contributed by atoms with van der Waals surface area (Å²) in [5, 5.41) is 5.93. The van der Waals surface area contributed by atoms with Crippen LogP contribution in [0, 0.1) is 0 Å². The summed E-state index contributed by atoms with van der Waals surface area (Å²) in [6, 6.07) is 10.7. The standard InChI is InChI=1S/C20H18ClN5O4S2/c1-22-13-4-7-15-16(10-13)23-11-26(19(15)27)14-5-2-12(3-6-14)24-20(28)25-32(29,30)18-9-8-17(21)31-18/h2-7,9-11,17,22H,8H2,1H3,(H2,24,25,28). The van der Waals surface area contributed by atoms with Gasteiger partial charge in [0.25, 0.3) is 15.6 Å². The molecule has 0 bridgehead atoms. The highest BCUT2D eigenvalue weighted by molar-refractivity contribution is 8.19.